The Morgan fingerprint density at radius 3 is 2.77 bits per heavy atom. The minimum atomic E-state index is 0.292. The van der Waals surface area contributed by atoms with E-state index in [0.717, 1.165) is 11.6 Å². The van der Waals surface area contributed by atoms with Gasteiger partial charge in [-0.2, -0.15) is 0 Å². The molecule has 70 valence electrons. The van der Waals surface area contributed by atoms with Gasteiger partial charge in [-0.15, -0.1) is 0 Å². The van der Waals surface area contributed by atoms with Gasteiger partial charge in [0.1, 0.15) is 6.17 Å². The van der Waals surface area contributed by atoms with E-state index < -0.39 is 0 Å². The van der Waals surface area contributed by atoms with Gasteiger partial charge in [0, 0.05) is 13.2 Å². The summed E-state index contributed by atoms with van der Waals surface area (Å²) in [6, 6.07) is 0. The highest BCUT2D eigenvalue weighted by Crippen LogP contribution is 2.30. The van der Waals surface area contributed by atoms with Crippen molar-refractivity contribution in [2.24, 2.45) is 0 Å². The molecule has 0 saturated carbocycles. The van der Waals surface area contributed by atoms with Crippen LogP contribution in [0.4, 0.5) is 0 Å². The van der Waals surface area contributed by atoms with Gasteiger partial charge in [-0.25, -0.2) is 0 Å². The van der Waals surface area contributed by atoms with Crippen LogP contribution in [0.2, 0.25) is 0 Å². The monoisotopic (exact) mass is 178 g/mol. The maximum absolute atomic E-state index is 5.32. The van der Waals surface area contributed by atoms with Crippen LogP contribution in [-0.2, 0) is 4.74 Å². The number of hydrogen-bond acceptors (Lipinski definition) is 3. The van der Waals surface area contributed by atoms with E-state index in [1.165, 1.54) is 0 Å². The van der Waals surface area contributed by atoms with Crippen molar-refractivity contribution in [3.05, 3.63) is 36.0 Å². The van der Waals surface area contributed by atoms with Crippen molar-refractivity contribution in [2.75, 3.05) is 14.2 Å². The average molecular weight is 178 g/mol. The molecule has 3 heteroatoms. The van der Waals surface area contributed by atoms with Crippen LogP contribution in [0.25, 0.3) is 0 Å². The van der Waals surface area contributed by atoms with Gasteiger partial charge in [-0.05, 0) is 19.1 Å². The van der Waals surface area contributed by atoms with Crippen LogP contribution in [0.15, 0.2) is 36.0 Å². The second kappa shape index (κ2) is 2.83. The lowest BCUT2D eigenvalue weighted by atomic mass is 10.3. The maximum Gasteiger partial charge on any atom is 0.210 e. The summed E-state index contributed by atoms with van der Waals surface area (Å²) in [5.74, 6) is 0.946. The summed E-state index contributed by atoms with van der Waals surface area (Å²) < 4.78 is 5.32. The summed E-state index contributed by atoms with van der Waals surface area (Å²) in [6.45, 7) is 2.07. The molecular weight excluding hydrogens is 164 g/mol. The molecule has 0 bridgehead atoms. The largest absolute Gasteiger partial charge is 0.481 e. The lowest BCUT2D eigenvalue weighted by Crippen LogP contribution is -2.34. The summed E-state index contributed by atoms with van der Waals surface area (Å²) >= 11 is 0. The third kappa shape index (κ3) is 1.03. The van der Waals surface area contributed by atoms with Crippen molar-refractivity contribution in [3.63, 3.8) is 0 Å². The van der Waals surface area contributed by atoms with E-state index in [4.69, 9.17) is 4.74 Å². The van der Waals surface area contributed by atoms with E-state index in [9.17, 15) is 0 Å². The van der Waals surface area contributed by atoms with Crippen LogP contribution in [0.5, 0.6) is 0 Å². The quantitative estimate of drug-likeness (QED) is 0.605. The Morgan fingerprint density at radius 1 is 1.38 bits per heavy atom. The van der Waals surface area contributed by atoms with E-state index in [1.807, 2.05) is 13.1 Å². The first-order valence-corrected chi connectivity index (χ1v) is 4.36. The molecule has 0 spiro atoms. The Hall–Kier alpha value is -1.38. The molecule has 13 heavy (non-hydrogen) atoms. The molecule has 2 heterocycles. The van der Waals surface area contributed by atoms with Gasteiger partial charge in [0.2, 0.25) is 5.88 Å². The summed E-state index contributed by atoms with van der Waals surface area (Å²) in [5, 5.41) is 0. The van der Waals surface area contributed by atoms with Crippen LogP contribution < -0.4 is 0 Å². The average Bonchev–Trinajstić information content (AvgIpc) is 2.41. The molecule has 2 aliphatic heterocycles. The predicted molar refractivity (Wildman–Crippen MR) is 51.4 cm³/mol. The Morgan fingerprint density at radius 2 is 2.15 bits per heavy atom. The first-order valence-electron chi connectivity index (χ1n) is 4.36. The minimum Gasteiger partial charge on any atom is -0.481 e. The third-order valence-corrected chi connectivity index (χ3v) is 2.53. The SMILES string of the molecule is COC1=C(C)N2C=CC=CC2N1C. The van der Waals surface area contributed by atoms with Crippen LogP contribution in [0.3, 0.4) is 0 Å². The Balaban J connectivity index is 2.36. The molecule has 0 saturated heterocycles. The molecule has 0 aromatic carbocycles. The van der Waals surface area contributed by atoms with E-state index in [1.54, 1.807) is 7.11 Å². The number of nitrogens with zero attached hydrogens (tertiary/aromatic N) is 2. The van der Waals surface area contributed by atoms with E-state index in [-0.39, 0.29) is 0 Å². The number of rotatable bonds is 1. The molecule has 1 unspecified atom stereocenters. The van der Waals surface area contributed by atoms with Crippen LogP contribution in [0, 0.1) is 0 Å². The van der Waals surface area contributed by atoms with Gasteiger partial charge >= 0.3 is 0 Å². The topological polar surface area (TPSA) is 15.7 Å². The van der Waals surface area contributed by atoms with E-state index in [2.05, 4.69) is 35.1 Å². The fraction of sp³-hybridized carbons (Fsp3) is 0.400. The lowest BCUT2D eigenvalue weighted by molar-refractivity contribution is 0.153. The van der Waals surface area contributed by atoms with Crippen molar-refractivity contribution in [3.8, 4) is 0 Å². The zero-order valence-corrected chi connectivity index (χ0v) is 8.19. The van der Waals surface area contributed by atoms with Crippen LogP contribution in [0.1, 0.15) is 6.92 Å². The molecule has 0 N–H and O–H groups in total. The van der Waals surface area contributed by atoms with Crippen LogP contribution >= 0.6 is 0 Å². The Bertz CT molecular complexity index is 304. The molecule has 2 rings (SSSR count). The molecule has 1 atom stereocenters. The molecule has 0 aliphatic carbocycles. The number of fused-ring (bicyclic) bond motifs is 1. The zero-order valence-electron chi connectivity index (χ0n) is 8.19. The Labute approximate surface area is 78.6 Å². The molecule has 0 radical (unpaired) electrons. The van der Waals surface area contributed by atoms with Gasteiger partial charge in [0.05, 0.1) is 12.8 Å². The predicted octanol–water partition coefficient (Wildman–Crippen LogP) is 1.48. The van der Waals surface area contributed by atoms with Gasteiger partial charge in [-0.1, -0.05) is 6.08 Å². The fourth-order valence-corrected chi connectivity index (χ4v) is 1.89. The van der Waals surface area contributed by atoms with E-state index >= 15 is 0 Å². The molecular formula is C10H14N2O. The first kappa shape index (κ1) is 8.23. The lowest BCUT2D eigenvalue weighted by Gasteiger charge is -2.28. The summed E-state index contributed by atoms with van der Waals surface area (Å²) in [6.07, 6.45) is 8.61. The highest BCUT2D eigenvalue weighted by atomic mass is 16.5. The number of likely N-dealkylation sites (N-methyl/N-ethyl adjacent to an activating group) is 1. The highest BCUT2D eigenvalue weighted by Gasteiger charge is 2.32. The molecule has 0 fully saturated rings. The molecule has 2 aliphatic rings. The highest BCUT2D eigenvalue weighted by molar-refractivity contribution is 5.25. The third-order valence-electron chi connectivity index (χ3n) is 2.53. The second-order valence-corrected chi connectivity index (χ2v) is 3.25. The molecule has 3 nitrogen and oxygen atoms in total. The molecule has 0 aromatic rings. The fourth-order valence-electron chi connectivity index (χ4n) is 1.89. The van der Waals surface area contributed by atoms with Crippen molar-refractivity contribution in [1.82, 2.24) is 9.80 Å². The maximum atomic E-state index is 5.32. The van der Waals surface area contributed by atoms with Crippen molar-refractivity contribution >= 4 is 0 Å². The van der Waals surface area contributed by atoms with Crippen molar-refractivity contribution in [2.45, 2.75) is 13.1 Å². The zero-order chi connectivity index (χ0) is 9.42. The summed E-state index contributed by atoms with van der Waals surface area (Å²) in [5.41, 5.74) is 1.16. The number of methoxy groups -OCH3 is 1. The molecule has 0 aromatic heterocycles. The standard InChI is InChI=1S/C10H14N2O/c1-8-10(13-3)11(2)9-6-4-5-7-12(8)9/h4-7,9H,1-3H3. The van der Waals surface area contributed by atoms with Crippen LogP contribution in [-0.4, -0.2) is 30.1 Å². The van der Waals surface area contributed by atoms with Crippen molar-refractivity contribution in [1.29, 1.82) is 0 Å². The molecule has 0 amide bonds. The smallest absolute Gasteiger partial charge is 0.210 e. The first-order chi connectivity index (χ1) is 6.25. The Kier molecular flexibility index (Phi) is 1.79. The minimum absolute atomic E-state index is 0.292. The summed E-state index contributed by atoms with van der Waals surface area (Å²) in [7, 11) is 3.75. The van der Waals surface area contributed by atoms with Gasteiger partial charge in [0.25, 0.3) is 0 Å². The second-order valence-electron chi connectivity index (χ2n) is 3.25. The van der Waals surface area contributed by atoms with E-state index in [0.29, 0.717) is 6.17 Å². The van der Waals surface area contributed by atoms with Gasteiger partial charge < -0.3 is 14.5 Å². The normalized spacial score (nSPS) is 25.6. The van der Waals surface area contributed by atoms with Crippen molar-refractivity contribution < 1.29 is 4.74 Å². The number of hydrogen-bond donors (Lipinski definition) is 0. The van der Waals surface area contributed by atoms with Gasteiger partial charge in [0.15, 0.2) is 0 Å². The number of ether oxygens (including phenoxy) is 1. The summed E-state index contributed by atoms with van der Waals surface area (Å²) in [4.78, 5) is 4.31. The van der Waals surface area contributed by atoms with Gasteiger partial charge in [-0.3, -0.25) is 0 Å². The number of allylic oxidation sites excluding steroid dienone is 3.